The fraction of sp³-hybridized carbons (Fsp3) is 0.0870. The van der Waals surface area contributed by atoms with Crippen molar-refractivity contribution < 1.29 is 13.2 Å². The van der Waals surface area contributed by atoms with Gasteiger partial charge in [-0.2, -0.15) is 5.26 Å². The average Bonchev–Trinajstić information content (AvgIpc) is 3.24. The van der Waals surface area contributed by atoms with Crippen molar-refractivity contribution in [3.8, 4) is 16.6 Å². The van der Waals surface area contributed by atoms with E-state index in [1.165, 1.54) is 24.3 Å². The number of aromatic nitrogens is 1. The number of thiazole rings is 1. The monoisotopic (exact) mass is 462 g/mol. The minimum absolute atomic E-state index is 0.0322. The fourth-order valence-corrected chi connectivity index (χ4v) is 5.03. The third-order valence-electron chi connectivity index (χ3n) is 4.62. The molecule has 0 radical (unpaired) electrons. The van der Waals surface area contributed by atoms with Crippen LogP contribution in [0.1, 0.15) is 16.8 Å². The molecule has 2 N–H and O–H groups in total. The minimum atomic E-state index is -3.72. The van der Waals surface area contributed by atoms with E-state index in [1.54, 1.807) is 17.4 Å². The predicted octanol–water partition coefficient (Wildman–Crippen LogP) is 4.41. The second-order valence-corrected chi connectivity index (χ2v) is 9.65. The second kappa shape index (κ2) is 9.28. The van der Waals surface area contributed by atoms with E-state index in [0.29, 0.717) is 11.3 Å². The SMILES string of the molecule is N#CCCNS(=O)(=O)c1ccc(C(=O)Nc2cccc(-c3nc4ccccc4s3)c2)cc1. The summed E-state index contributed by atoms with van der Waals surface area (Å²) in [6.45, 7) is 0.0338. The summed E-state index contributed by atoms with van der Waals surface area (Å²) in [6, 6.07) is 22.8. The van der Waals surface area contributed by atoms with Crippen molar-refractivity contribution in [2.24, 2.45) is 0 Å². The Labute approximate surface area is 189 Å². The zero-order valence-corrected chi connectivity index (χ0v) is 18.4. The molecule has 7 nitrogen and oxygen atoms in total. The van der Waals surface area contributed by atoms with Crippen LogP contribution in [0.2, 0.25) is 0 Å². The highest BCUT2D eigenvalue weighted by Gasteiger charge is 2.15. The molecular formula is C23H18N4O3S2. The highest BCUT2D eigenvalue weighted by Crippen LogP contribution is 2.31. The summed E-state index contributed by atoms with van der Waals surface area (Å²) in [4.78, 5) is 17.3. The maximum Gasteiger partial charge on any atom is 0.255 e. The largest absolute Gasteiger partial charge is 0.322 e. The molecule has 1 aromatic heterocycles. The van der Waals surface area contributed by atoms with Gasteiger partial charge in [-0.3, -0.25) is 4.79 Å². The number of hydrogen-bond donors (Lipinski definition) is 2. The molecule has 0 aliphatic carbocycles. The molecule has 0 aliphatic heterocycles. The second-order valence-electron chi connectivity index (χ2n) is 6.85. The summed E-state index contributed by atoms with van der Waals surface area (Å²) in [5.74, 6) is -0.354. The van der Waals surface area contributed by atoms with Gasteiger partial charge in [-0.25, -0.2) is 18.1 Å². The Kier molecular flexibility index (Phi) is 6.28. The number of nitriles is 1. The van der Waals surface area contributed by atoms with Gasteiger partial charge in [-0.15, -0.1) is 11.3 Å². The summed E-state index contributed by atoms with van der Waals surface area (Å²) in [5.41, 5.74) is 2.76. The number of anilines is 1. The van der Waals surface area contributed by atoms with Crippen LogP contribution in [0, 0.1) is 11.3 Å². The Bertz CT molecular complexity index is 1390. The third kappa shape index (κ3) is 4.84. The molecule has 0 saturated carbocycles. The first-order valence-electron chi connectivity index (χ1n) is 9.70. The maximum absolute atomic E-state index is 12.6. The van der Waals surface area contributed by atoms with Crippen molar-refractivity contribution in [2.45, 2.75) is 11.3 Å². The highest BCUT2D eigenvalue weighted by molar-refractivity contribution is 7.89. The minimum Gasteiger partial charge on any atom is -0.322 e. The molecule has 4 rings (SSSR count). The standard InChI is InChI=1S/C23H18N4O3S2/c24-13-4-14-25-32(29,30)19-11-9-16(10-12-19)22(28)26-18-6-3-5-17(15-18)23-27-20-7-1-2-8-21(20)31-23/h1-3,5-12,15,25H,4,14H2,(H,26,28). The van der Waals surface area contributed by atoms with Gasteiger partial charge in [0.2, 0.25) is 10.0 Å². The number of fused-ring (bicyclic) bond motifs is 1. The van der Waals surface area contributed by atoms with Gasteiger partial charge >= 0.3 is 0 Å². The molecule has 32 heavy (non-hydrogen) atoms. The van der Waals surface area contributed by atoms with Crippen LogP contribution in [0.5, 0.6) is 0 Å². The van der Waals surface area contributed by atoms with E-state index < -0.39 is 10.0 Å². The predicted molar refractivity (Wildman–Crippen MR) is 125 cm³/mol. The summed E-state index contributed by atoms with van der Waals surface area (Å²) in [6.07, 6.45) is 0.0792. The number of carbonyl (C=O) groups is 1. The van der Waals surface area contributed by atoms with Gasteiger partial charge in [0.15, 0.2) is 0 Å². The van der Waals surface area contributed by atoms with E-state index in [0.717, 1.165) is 20.8 Å². The van der Waals surface area contributed by atoms with E-state index in [4.69, 9.17) is 5.26 Å². The number of sulfonamides is 1. The number of para-hydroxylation sites is 1. The number of amides is 1. The molecule has 4 aromatic rings. The van der Waals surface area contributed by atoms with Gasteiger partial charge in [-0.05, 0) is 48.5 Å². The van der Waals surface area contributed by atoms with E-state index >= 15 is 0 Å². The van der Waals surface area contributed by atoms with E-state index in [1.807, 2.05) is 48.5 Å². The summed E-state index contributed by atoms with van der Waals surface area (Å²) in [5, 5.41) is 12.2. The Hall–Kier alpha value is -3.58. The first kappa shape index (κ1) is 21.6. The summed E-state index contributed by atoms with van der Waals surface area (Å²) >= 11 is 1.58. The molecule has 0 saturated heterocycles. The Morgan fingerprint density at radius 1 is 1.03 bits per heavy atom. The molecule has 0 spiro atoms. The van der Waals surface area contributed by atoms with Gasteiger partial charge in [-0.1, -0.05) is 24.3 Å². The lowest BCUT2D eigenvalue weighted by molar-refractivity contribution is 0.102. The number of benzene rings is 3. The van der Waals surface area contributed by atoms with Crippen LogP contribution in [-0.2, 0) is 10.0 Å². The van der Waals surface area contributed by atoms with Crippen LogP contribution in [0.3, 0.4) is 0 Å². The van der Waals surface area contributed by atoms with Crippen LogP contribution in [0.15, 0.2) is 77.7 Å². The van der Waals surface area contributed by atoms with E-state index in [-0.39, 0.29) is 23.8 Å². The molecule has 0 fully saturated rings. The quantitative estimate of drug-likeness (QED) is 0.395. The fourth-order valence-electron chi connectivity index (χ4n) is 3.04. The normalized spacial score (nSPS) is 11.2. The molecule has 0 bridgehead atoms. The topological polar surface area (TPSA) is 112 Å². The van der Waals surface area contributed by atoms with Crippen molar-refractivity contribution >= 4 is 43.2 Å². The first-order chi connectivity index (χ1) is 15.5. The first-order valence-corrected chi connectivity index (χ1v) is 12.0. The van der Waals surface area contributed by atoms with Gasteiger partial charge in [0.25, 0.3) is 5.91 Å². The molecule has 9 heteroatoms. The van der Waals surface area contributed by atoms with Gasteiger partial charge in [0.1, 0.15) is 5.01 Å². The van der Waals surface area contributed by atoms with Crippen LogP contribution in [0.25, 0.3) is 20.8 Å². The van der Waals surface area contributed by atoms with E-state index in [9.17, 15) is 13.2 Å². The number of hydrogen-bond acceptors (Lipinski definition) is 6. The van der Waals surface area contributed by atoms with Crippen molar-refractivity contribution in [2.75, 3.05) is 11.9 Å². The smallest absolute Gasteiger partial charge is 0.255 e. The van der Waals surface area contributed by atoms with Crippen molar-refractivity contribution in [3.05, 3.63) is 78.4 Å². The Morgan fingerprint density at radius 3 is 2.56 bits per heavy atom. The Balaban J connectivity index is 1.48. The lowest BCUT2D eigenvalue weighted by Crippen LogP contribution is -2.24. The van der Waals surface area contributed by atoms with E-state index in [2.05, 4.69) is 15.0 Å². The molecule has 160 valence electrons. The van der Waals surface area contributed by atoms with Crippen molar-refractivity contribution in [1.82, 2.24) is 9.71 Å². The van der Waals surface area contributed by atoms with Crippen LogP contribution >= 0.6 is 11.3 Å². The Morgan fingerprint density at radius 2 is 1.81 bits per heavy atom. The molecule has 1 amide bonds. The van der Waals surface area contributed by atoms with Gasteiger partial charge in [0.05, 0.1) is 21.2 Å². The molecule has 1 heterocycles. The molecule has 0 atom stereocenters. The lowest BCUT2D eigenvalue weighted by atomic mass is 10.2. The highest BCUT2D eigenvalue weighted by atomic mass is 32.2. The van der Waals surface area contributed by atoms with Crippen LogP contribution < -0.4 is 10.0 Å². The number of carbonyl (C=O) groups excluding carboxylic acids is 1. The molecular weight excluding hydrogens is 444 g/mol. The molecule has 0 aliphatic rings. The third-order valence-corrected chi connectivity index (χ3v) is 7.18. The number of rotatable bonds is 7. The van der Waals surface area contributed by atoms with Gasteiger partial charge < -0.3 is 5.32 Å². The zero-order chi connectivity index (χ0) is 22.6. The zero-order valence-electron chi connectivity index (χ0n) is 16.8. The maximum atomic E-state index is 12.6. The van der Waals surface area contributed by atoms with Gasteiger partial charge in [0, 0.05) is 29.8 Å². The summed E-state index contributed by atoms with van der Waals surface area (Å²) < 4.78 is 27.8. The number of nitrogens with zero attached hydrogens (tertiary/aromatic N) is 2. The lowest BCUT2D eigenvalue weighted by Gasteiger charge is -2.08. The van der Waals surface area contributed by atoms with Crippen LogP contribution in [0.4, 0.5) is 5.69 Å². The number of nitrogens with one attached hydrogen (secondary N) is 2. The van der Waals surface area contributed by atoms with Crippen molar-refractivity contribution in [3.63, 3.8) is 0 Å². The van der Waals surface area contributed by atoms with Crippen LogP contribution in [-0.4, -0.2) is 25.9 Å². The summed E-state index contributed by atoms with van der Waals surface area (Å²) in [7, 11) is -3.72. The molecule has 3 aromatic carbocycles. The van der Waals surface area contributed by atoms with Crippen molar-refractivity contribution in [1.29, 1.82) is 5.26 Å². The average molecular weight is 463 g/mol. The molecule has 0 unspecified atom stereocenters.